The molecule has 4 nitrogen and oxygen atoms in total. The lowest BCUT2D eigenvalue weighted by atomic mass is 9.82. The largest absolute Gasteiger partial charge is 0.469 e. The predicted molar refractivity (Wildman–Crippen MR) is 98.3 cm³/mol. The van der Waals surface area contributed by atoms with Crippen molar-refractivity contribution < 1.29 is 4.42 Å². The van der Waals surface area contributed by atoms with Crippen molar-refractivity contribution in [2.24, 2.45) is 16.8 Å². The molecule has 0 aliphatic heterocycles. The van der Waals surface area contributed by atoms with E-state index in [1.807, 2.05) is 19.2 Å². The molecule has 2 atom stereocenters. The summed E-state index contributed by atoms with van der Waals surface area (Å²) in [6, 6.07) is 3.92. The van der Waals surface area contributed by atoms with E-state index in [9.17, 15) is 0 Å². The SMILES string of the molecule is CN=C(NCCc1ccco1)NCC1CCCC(C)C1.I. The minimum Gasteiger partial charge on any atom is -0.469 e. The van der Waals surface area contributed by atoms with Crippen molar-refractivity contribution in [1.29, 1.82) is 0 Å². The smallest absolute Gasteiger partial charge is 0.190 e. The monoisotopic (exact) mass is 405 g/mol. The molecule has 2 N–H and O–H groups in total. The van der Waals surface area contributed by atoms with E-state index in [-0.39, 0.29) is 24.0 Å². The zero-order valence-electron chi connectivity index (χ0n) is 13.1. The zero-order chi connectivity index (χ0) is 14.2. The van der Waals surface area contributed by atoms with E-state index in [0.717, 1.165) is 43.1 Å². The lowest BCUT2D eigenvalue weighted by molar-refractivity contribution is 0.282. The molecule has 1 saturated carbocycles. The van der Waals surface area contributed by atoms with Crippen molar-refractivity contribution in [3.8, 4) is 0 Å². The van der Waals surface area contributed by atoms with E-state index < -0.39 is 0 Å². The molecule has 1 aliphatic rings. The summed E-state index contributed by atoms with van der Waals surface area (Å²) in [6.07, 6.45) is 8.06. The number of furan rings is 1. The van der Waals surface area contributed by atoms with E-state index >= 15 is 0 Å². The van der Waals surface area contributed by atoms with Crippen molar-refractivity contribution in [3.05, 3.63) is 24.2 Å². The van der Waals surface area contributed by atoms with Crippen molar-refractivity contribution in [1.82, 2.24) is 10.6 Å². The van der Waals surface area contributed by atoms with Crippen LogP contribution < -0.4 is 10.6 Å². The Morgan fingerprint density at radius 3 is 2.90 bits per heavy atom. The van der Waals surface area contributed by atoms with Gasteiger partial charge in [0.1, 0.15) is 5.76 Å². The molecule has 0 amide bonds. The van der Waals surface area contributed by atoms with Gasteiger partial charge in [0, 0.05) is 26.6 Å². The molecule has 5 heteroatoms. The molecule has 0 spiro atoms. The Kier molecular flexibility index (Phi) is 8.80. The van der Waals surface area contributed by atoms with Crippen molar-refractivity contribution in [2.75, 3.05) is 20.1 Å². The van der Waals surface area contributed by atoms with Gasteiger partial charge in [0.25, 0.3) is 0 Å². The molecule has 1 aromatic rings. The van der Waals surface area contributed by atoms with Gasteiger partial charge < -0.3 is 15.1 Å². The molecule has 2 rings (SSSR count). The third kappa shape index (κ3) is 6.72. The Labute approximate surface area is 145 Å². The summed E-state index contributed by atoms with van der Waals surface area (Å²) in [6.45, 7) is 4.24. The number of nitrogens with one attached hydrogen (secondary N) is 2. The van der Waals surface area contributed by atoms with Gasteiger partial charge in [0.2, 0.25) is 0 Å². The summed E-state index contributed by atoms with van der Waals surface area (Å²) in [7, 11) is 1.83. The number of rotatable bonds is 5. The molecule has 2 unspecified atom stereocenters. The highest BCUT2D eigenvalue weighted by Crippen LogP contribution is 2.27. The Balaban J connectivity index is 0.00000220. The van der Waals surface area contributed by atoms with Crippen LogP contribution in [0, 0.1) is 11.8 Å². The van der Waals surface area contributed by atoms with Crippen LogP contribution in [0.25, 0.3) is 0 Å². The predicted octanol–water partition coefficient (Wildman–Crippen LogP) is 3.43. The molecule has 0 saturated heterocycles. The third-order valence-electron chi connectivity index (χ3n) is 4.07. The fourth-order valence-corrected chi connectivity index (χ4v) is 2.97. The number of hydrogen-bond acceptors (Lipinski definition) is 2. The standard InChI is InChI=1S/C16H27N3O.HI/c1-13-5-3-6-14(11-13)12-19-16(17-2)18-9-8-15-7-4-10-20-15;/h4,7,10,13-14H,3,5-6,8-9,11-12H2,1-2H3,(H2,17,18,19);1H. The molecule has 1 aliphatic carbocycles. The van der Waals surface area contributed by atoms with Crippen LogP contribution in [0.1, 0.15) is 38.4 Å². The van der Waals surface area contributed by atoms with Gasteiger partial charge in [0.15, 0.2) is 5.96 Å². The molecule has 21 heavy (non-hydrogen) atoms. The van der Waals surface area contributed by atoms with Crippen LogP contribution in [-0.4, -0.2) is 26.1 Å². The van der Waals surface area contributed by atoms with Gasteiger partial charge in [-0.15, -0.1) is 24.0 Å². The lowest BCUT2D eigenvalue weighted by Crippen LogP contribution is -2.41. The van der Waals surface area contributed by atoms with Gasteiger partial charge in [-0.3, -0.25) is 4.99 Å². The van der Waals surface area contributed by atoms with Crippen LogP contribution in [0.2, 0.25) is 0 Å². The number of hydrogen-bond donors (Lipinski definition) is 2. The molecule has 1 fully saturated rings. The average Bonchev–Trinajstić information content (AvgIpc) is 2.96. The highest BCUT2D eigenvalue weighted by atomic mass is 127. The molecule has 0 aromatic carbocycles. The molecule has 0 bridgehead atoms. The van der Waals surface area contributed by atoms with Crippen LogP contribution in [0.3, 0.4) is 0 Å². The van der Waals surface area contributed by atoms with Gasteiger partial charge in [-0.1, -0.05) is 19.8 Å². The van der Waals surface area contributed by atoms with Crippen LogP contribution >= 0.6 is 24.0 Å². The summed E-state index contributed by atoms with van der Waals surface area (Å²) in [5.41, 5.74) is 0. The fourth-order valence-electron chi connectivity index (χ4n) is 2.97. The zero-order valence-corrected chi connectivity index (χ0v) is 15.4. The minimum absolute atomic E-state index is 0. The van der Waals surface area contributed by atoms with Gasteiger partial charge in [-0.05, 0) is 36.8 Å². The number of guanidine groups is 1. The second-order valence-electron chi connectivity index (χ2n) is 5.85. The second-order valence-corrected chi connectivity index (χ2v) is 5.85. The summed E-state index contributed by atoms with van der Waals surface area (Å²) in [4.78, 5) is 4.27. The molecule has 120 valence electrons. The van der Waals surface area contributed by atoms with Gasteiger partial charge in [-0.2, -0.15) is 0 Å². The summed E-state index contributed by atoms with van der Waals surface area (Å²) in [5, 5.41) is 6.79. The average molecular weight is 405 g/mol. The van der Waals surface area contributed by atoms with Gasteiger partial charge in [0.05, 0.1) is 6.26 Å². The normalized spacial score (nSPS) is 22.5. The van der Waals surface area contributed by atoms with Crippen LogP contribution in [0.15, 0.2) is 27.8 Å². The highest BCUT2D eigenvalue weighted by Gasteiger charge is 2.18. The number of aliphatic imine (C=N–C) groups is 1. The Morgan fingerprint density at radius 2 is 2.24 bits per heavy atom. The minimum atomic E-state index is 0. The maximum atomic E-state index is 5.32. The first-order valence-electron chi connectivity index (χ1n) is 7.75. The Morgan fingerprint density at radius 1 is 1.38 bits per heavy atom. The van der Waals surface area contributed by atoms with Crippen molar-refractivity contribution in [3.63, 3.8) is 0 Å². The fraction of sp³-hybridized carbons (Fsp3) is 0.688. The van der Waals surface area contributed by atoms with Crippen molar-refractivity contribution in [2.45, 2.75) is 39.0 Å². The quantitative estimate of drug-likeness (QED) is 0.448. The molecule has 0 radical (unpaired) electrons. The van der Waals surface area contributed by atoms with Gasteiger partial charge >= 0.3 is 0 Å². The van der Waals surface area contributed by atoms with Crippen LogP contribution in [0.4, 0.5) is 0 Å². The molecule has 1 aromatic heterocycles. The number of halogens is 1. The summed E-state index contributed by atoms with van der Waals surface area (Å²) in [5.74, 6) is 3.58. The Hall–Kier alpha value is -0.720. The first kappa shape index (κ1) is 18.3. The molecular weight excluding hydrogens is 377 g/mol. The van der Waals surface area contributed by atoms with Gasteiger partial charge in [-0.25, -0.2) is 0 Å². The highest BCUT2D eigenvalue weighted by molar-refractivity contribution is 14.0. The van der Waals surface area contributed by atoms with Crippen LogP contribution in [-0.2, 0) is 6.42 Å². The Bertz CT molecular complexity index is 406. The maximum absolute atomic E-state index is 5.32. The van der Waals surface area contributed by atoms with E-state index in [4.69, 9.17) is 4.42 Å². The number of nitrogens with zero attached hydrogens (tertiary/aromatic N) is 1. The maximum Gasteiger partial charge on any atom is 0.190 e. The first-order valence-corrected chi connectivity index (χ1v) is 7.75. The first-order chi connectivity index (χ1) is 9.78. The lowest BCUT2D eigenvalue weighted by Gasteiger charge is -2.27. The van der Waals surface area contributed by atoms with E-state index in [1.54, 1.807) is 6.26 Å². The third-order valence-corrected chi connectivity index (χ3v) is 4.07. The van der Waals surface area contributed by atoms with E-state index in [2.05, 4.69) is 22.5 Å². The topological polar surface area (TPSA) is 49.6 Å². The van der Waals surface area contributed by atoms with Crippen LogP contribution in [0.5, 0.6) is 0 Å². The molecule has 1 heterocycles. The molecular formula is C16H28IN3O. The van der Waals surface area contributed by atoms with E-state index in [0.29, 0.717) is 0 Å². The summed E-state index contributed by atoms with van der Waals surface area (Å²) >= 11 is 0. The van der Waals surface area contributed by atoms with E-state index in [1.165, 1.54) is 25.7 Å². The second kappa shape index (κ2) is 10.1. The van der Waals surface area contributed by atoms with Crippen molar-refractivity contribution >= 4 is 29.9 Å². The summed E-state index contributed by atoms with van der Waals surface area (Å²) < 4.78 is 5.32.